The van der Waals surface area contributed by atoms with E-state index in [1.54, 1.807) is 18.2 Å². The summed E-state index contributed by atoms with van der Waals surface area (Å²) < 4.78 is 14.3. The monoisotopic (exact) mass is 291 g/mol. The number of aryl methyl sites for hydroxylation is 1. The molecule has 2 aromatic rings. The highest BCUT2D eigenvalue weighted by atomic mass is 35.5. The first-order valence-electron chi connectivity index (χ1n) is 6.79. The Balaban J connectivity index is 2.56. The van der Waals surface area contributed by atoms with Crippen LogP contribution >= 0.6 is 11.6 Å². The molecular weight excluding hydrogens is 273 g/mol. The average Bonchev–Trinajstić information content (AvgIpc) is 2.43. The van der Waals surface area contributed by atoms with Crippen molar-refractivity contribution < 1.29 is 4.39 Å². The minimum Gasteiger partial charge on any atom is -0.306 e. The Kier molecular flexibility index (Phi) is 4.79. The Bertz CT molecular complexity index is 558. The van der Waals surface area contributed by atoms with Crippen LogP contribution in [-0.2, 0) is 0 Å². The standard InChI is InChI=1S/C17H19ClFN/c1-4-20-17(13-8-5-7-11(2)12(13)3)14-9-6-10-15(18)16(14)19/h5-10,17,20H,4H2,1-3H3. The highest BCUT2D eigenvalue weighted by Crippen LogP contribution is 2.30. The Labute approximate surface area is 124 Å². The van der Waals surface area contributed by atoms with Crippen LogP contribution in [0.25, 0.3) is 0 Å². The maximum Gasteiger partial charge on any atom is 0.146 e. The Morgan fingerprint density at radius 3 is 2.45 bits per heavy atom. The largest absolute Gasteiger partial charge is 0.306 e. The normalized spacial score (nSPS) is 12.4. The molecule has 0 heterocycles. The van der Waals surface area contributed by atoms with Gasteiger partial charge in [-0.25, -0.2) is 4.39 Å². The molecule has 2 rings (SSSR count). The molecule has 0 aliphatic heterocycles. The van der Waals surface area contributed by atoms with Crippen LogP contribution in [0.3, 0.4) is 0 Å². The van der Waals surface area contributed by atoms with E-state index in [1.165, 1.54) is 11.1 Å². The fourth-order valence-corrected chi connectivity index (χ4v) is 2.60. The molecule has 0 saturated carbocycles. The van der Waals surface area contributed by atoms with Gasteiger partial charge in [0.2, 0.25) is 0 Å². The molecule has 0 bridgehead atoms. The molecule has 0 saturated heterocycles. The lowest BCUT2D eigenvalue weighted by Gasteiger charge is -2.22. The van der Waals surface area contributed by atoms with Gasteiger partial charge in [0, 0.05) is 5.56 Å². The van der Waals surface area contributed by atoms with Gasteiger partial charge in [0.15, 0.2) is 0 Å². The zero-order valence-electron chi connectivity index (χ0n) is 12.0. The summed E-state index contributed by atoms with van der Waals surface area (Å²) in [5, 5.41) is 3.52. The van der Waals surface area contributed by atoms with Gasteiger partial charge in [-0.1, -0.05) is 48.9 Å². The van der Waals surface area contributed by atoms with E-state index in [-0.39, 0.29) is 16.9 Å². The molecule has 0 spiro atoms. The Morgan fingerprint density at radius 1 is 1.10 bits per heavy atom. The SMILES string of the molecule is CCNC(c1cccc(C)c1C)c1cccc(Cl)c1F. The summed E-state index contributed by atoms with van der Waals surface area (Å²) in [6, 6.07) is 11.1. The van der Waals surface area contributed by atoms with Crippen LogP contribution in [0.15, 0.2) is 36.4 Å². The van der Waals surface area contributed by atoms with E-state index in [2.05, 4.69) is 25.2 Å². The second-order valence-electron chi connectivity index (χ2n) is 4.92. The zero-order valence-corrected chi connectivity index (χ0v) is 12.8. The predicted octanol–water partition coefficient (Wildman–Crippen LogP) is 4.79. The van der Waals surface area contributed by atoms with Crippen LogP contribution < -0.4 is 5.32 Å². The molecule has 0 fully saturated rings. The van der Waals surface area contributed by atoms with E-state index < -0.39 is 0 Å². The maximum atomic E-state index is 14.3. The van der Waals surface area contributed by atoms with E-state index in [1.807, 2.05) is 19.1 Å². The molecule has 1 nitrogen and oxygen atoms in total. The van der Waals surface area contributed by atoms with Gasteiger partial charge in [0.1, 0.15) is 5.82 Å². The van der Waals surface area contributed by atoms with Gasteiger partial charge in [-0.05, 0) is 43.1 Å². The van der Waals surface area contributed by atoms with Gasteiger partial charge in [0.25, 0.3) is 0 Å². The van der Waals surface area contributed by atoms with Crippen LogP contribution in [0, 0.1) is 19.7 Å². The summed E-state index contributed by atoms with van der Waals surface area (Å²) in [7, 11) is 0. The van der Waals surface area contributed by atoms with Crippen molar-refractivity contribution in [1.29, 1.82) is 0 Å². The molecule has 3 heteroatoms. The van der Waals surface area contributed by atoms with Gasteiger partial charge in [0.05, 0.1) is 11.1 Å². The van der Waals surface area contributed by atoms with Gasteiger partial charge in [-0.3, -0.25) is 0 Å². The first-order valence-corrected chi connectivity index (χ1v) is 7.17. The summed E-state index contributed by atoms with van der Waals surface area (Å²) in [5.41, 5.74) is 4.06. The van der Waals surface area contributed by atoms with E-state index in [4.69, 9.17) is 11.6 Å². The fraction of sp³-hybridized carbons (Fsp3) is 0.294. The molecule has 2 aromatic carbocycles. The highest BCUT2D eigenvalue weighted by Gasteiger charge is 2.20. The molecule has 0 radical (unpaired) electrons. The summed E-state index contributed by atoms with van der Waals surface area (Å²) in [5.74, 6) is -0.346. The van der Waals surface area contributed by atoms with E-state index in [9.17, 15) is 4.39 Å². The third-order valence-corrected chi connectivity index (χ3v) is 3.95. The minimum atomic E-state index is -0.346. The lowest BCUT2D eigenvalue weighted by Crippen LogP contribution is -2.24. The van der Waals surface area contributed by atoms with Crippen LogP contribution in [0.1, 0.15) is 35.2 Å². The summed E-state index contributed by atoms with van der Waals surface area (Å²) in [6.07, 6.45) is 0. The smallest absolute Gasteiger partial charge is 0.146 e. The summed E-state index contributed by atoms with van der Waals surface area (Å²) in [6.45, 7) is 6.90. The van der Waals surface area contributed by atoms with Gasteiger partial charge in [-0.15, -0.1) is 0 Å². The van der Waals surface area contributed by atoms with Crippen molar-refractivity contribution >= 4 is 11.6 Å². The second kappa shape index (κ2) is 6.38. The van der Waals surface area contributed by atoms with Crippen LogP contribution in [-0.4, -0.2) is 6.54 Å². The number of rotatable bonds is 4. The molecule has 0 aliphatic rings. The minimum absolute atomic E-state index is 0.163. The molecule has 0 aliphatic carbocycles. The van der Waals surface area contributed by atoms with Crippen molar-refractivity contribution in [2.45, 2.75) is 26.8 Å². The van der Waals surface area contributed by atoms with Crippen molar-refractivity contribution in [2.24, 2.45) is 0 Å². The average molecular weight is 292 g/mol. The molecule has 106 valence electrons. The lowest BCUT2D eigenvalue weighted by atomic mass is 9.92. The molecule has 0 aromatic heterocycles. The number of hydrogen-bond acceptors (Lipinski definition) is 1. The molecule has 1 N–H and O–H groups in total. The topological polar surface area (TPSA) is 12.0 Å². The third kappa shape index (κ3) is 2.87. The Morgan fingerprint density at radius 2 is 1.75 bits per heavy atom. The summed E-state index contributed by atoms with van der Waals surface area (Å²) >= 11 is 5.91. The van der Waals surface area contributed by atoms with E-state index >= 15 is 0 Å². The number of halogens is 2. The predicted molar refractivity (Wildman–Crippen MR) is 82.8 cm³/mol. The van der Waals surface area contributed by atoms with Gasteiger partial charge in [-0.2, -0.15) is 0 Å². The number of nitrogens with one attached hydrogen (secondary N) is 1. The molecule has 1 atom stereocenters. The van der Waals surface area contributed by atoms with Crippen molar-refractivity contribution in [3.63, 3.8) is 0 Å². The highest BCUT2D eigenvalue weighted by molar-refractivity contribution is 6.30. The fourth-order valence-electron chi connectivity index (χ4n) is 2.42. The molecule has 1 unspecified atom stereocenters. The molecular formula is C17H19ClFN. The first kappa shape index (κ1) is 15.0. The third-order valence-electron chi connectivity index (χ3n) is 3.66. The van der Waals surface area contributed by atoms with Crippen LogP contribution in [0.2, 0.25) is 5.02 Å². The number of benzene rings is 2. The maximum absolute atomic E-state index is 14.3. The number of hydrogen-bond donors (Lipinski definition) is 1. The van der Waals surface area contributed by atoms with Gasteiger partial charge >= 0.3 is 0 Å². The van der Waals surface area contributed by atoms with Crippen molar-refractivity contribution in [3.8, 4) is 0 Å². The quantitative estimate of drug-likeness (QED) is 0.853. The molecule has 20 heavy (non-hydrogen) atoms. The Hall–Kier alpha value is -1.38. The summed E-state index contributed by atoms with van der Waals surface area (Å²) in [4.78, 5) is 0. The van der Waals surface area contributed by atoms with Crippen molar-refractivity contribution in [1.82, 2.24) is 5.32 Å². The van der Waals surface area contributed by atoms with Crippen molar-refractivity contribution in [3.05, 3.63) is 69.5 Å². The van der Waals surface area contributed by atoms with Crippen LogP contribution in [0.4, 0.5) is 4.39 Å². The molecule has 0 amide bonds. The van der Waals surface area contributed by atoms with Crippen LogP contribution in [0.5, 0.6) is 0 Å². The zero-order chi connectivity index (χ0) is 14.7. The lowest BCUT2D eigenvalue weighted by molar-refractivity contribution is 0.558. The van der Waals surface area contributed by atoms with E-state index in [0.29, 0.717) is 5.56 Å². The second-order valence-corrected chi connectivity index (χ2v) is 5.33. The van der Waals surface area contributed by atoms with Crippen molar-refractivity contribution in [2.75, 3.05) is 6.54 Å². The first-order chi connectivity index (χ1) is 9.56. The van der Waals surface area contributed by atoms with E-state index in [0.717, 1.165) is 12.1 Å². The van der Waals surface area contributed by atoms with Gasteiger partial charge < -0.3 is 5.32 Å².